The molecular formula is C15H26N2O3. The van der Waals surface area contributed by atoms with Crippen LogP contribution in [-0.2, 0) is 9.59 Å². The van der Waals surface area contributed by atoms with Crippen molar-refractivity contribution in [1.29, 1.82) is 0 Å². The topological polar surface area (TPSA) is 69.6 Å². The summed E-state index contributed by atoms with van der Waals surface area (Å²) in [6.45, 7) is 3.29. The zero-order valence-corrected chi connectivity index (χ0v) is 12.6. The lowest BCUT2D eigenvalue weighted by Crippen LogP contribution is -2.56. The average Bonchev–Trinajstić information content (AvgIpc) is 2.38. The molecule has 0 aromatic heterocycles. The van der Waals surface area contributed by atoms with Crippen molar-refractivity contribution in [3.63, 3.8) is 0 Å². The number of carboxylic acid groups (broad SMARTS) is 1. The van der Waals surface area contributed by atoms with Crippen molar-refractivity contribution < 1.29 is 14.7 Å². The molecule has 20 heavy (non-hydrogen) atoms. The van der Waals surface area contributed by atoms with Crippen LogP contribution in [0.4, 0.5) is 0 Å². The molecule has 2 heterocycles. The number of carboxylic acids is 1. The molecule has 0 aromatic carbocycles. The number of hydrogen-bond donors (Lipinski definition) is 2. The average molecular weight is 282 g/mol. The molecule has 114 valence electrons. The van der Waals surface area contributed by atoms with Crippen LogP contribution in [-0.4, -0.2) is 47.1 Å². The lowest BCUT2D eigenvalue weighted by molar-refractivity contribution is -0.146. The van der Waals surface area contributed by atoms with Gasteiger partial charge in [-0.25, -0.2) is 0 Å². The predicted molar refractivity (Wildman–Crippen MR) is 76.3 cm³/mol. The standard InChI is InChI=1S/C15H26N2O3/c1-9(10(2)15(19)20)14(18)16-11-7-12-5-4-6-13(8-11)17(12)3/h9-13H,4-8H2,1-3H3,(H,16,18)(H,19,20). The summed E-state index contributed by atoms with van der Waals surface area (Å²) in [6, 6.07) is 1.34. The van der Waals surface area contributed by atoms with Gasteiger partial charge in [0.1, 0.15) is 0 Å². The molecule has 0 spiro atoms. The first-order chi connectivity index (χ1) is 9.40. The summed E-state index contributed by atoms with van der Waals surface area (Å²) in [7, 11) is 2.18. The minimum Gasteiger partial charge on any atom is -0.481 e. The van der Waals surface area contributed by atoms with Gasteiger partial charge < -0.3 is 15.3 Å². The van der Waals surface area contributed by atoms with Gasteiger partial charge in [0, 0.05) is 24.0 Å². The number of piperidine rings is 2. The highest BCUT2D eigenvalue weighted by Gasteiger charge is 2.37. The van der Waals surface area contributed by atoms with Gasteiger partial charge in [0.25, 0.3) is 0 Å². The number of carbonyl (C=O) groups is 2. The summed E-state index contributed by atoms with van der Waals surface area (Å²) in [5.41, 5.74) is 0. The van der Waals surface area contributed by atoms with E-state index in [2.05, 4.69) is 17.3 Å². The van der Waals surface area contributed by atoms with E-state index in [9.17, 15) is 9.59 Å². The normalized spacial score (nSPS) is 33.2. The first-order valence-electron chi connectivity index (χ1n) is 7.65. The van der Waals surface area contributed by atoms with Crippen molar-refractivity contribution in [2.75, 3.05) is 7.05 Å². The Labute approximate surface area is 120 Å². The molecule has 0 saturated carbocycles. The maximum absolute atomic E-state index is 12.2. The van der Waals surface area contributed by atoms with E-state index in [1.807, 2.05) is 0 Å². The van der Waals surface area contributed by atoms with Crippen LogP contribution < -0.4 is 5.32 Å². The number of hydrogen-bond acceptors (Lipinski definition) is 3. The summed E-state index contributed by atoms with van der Waals surface area (Å²) in [5, 5.41) is 12.1. The molecule has 2 aliphatic heterocycles. The highest BCUT2D eigenvalue weighted by Crippen LogP contribution is 2.32. The Bertz CT molecular complexity index is 371. The SMILES string of the molecule is CC(C(=O)O)C(C)C(=O)NC1CC2CCCC(C1)N2C. The Hall–Kier alpha value is -1.10. The van der Waals surface area contributed by atoms with Crippen molar-refractivity contribution >= 4 is 11.9 Å². The van der Waals surface area contributed by atoms with E-state index in [0.29, 0.717) is 12.1 Å². The third kappa shape index (κ3) is 3.14. The van der Waals surface area contributed by atoms with Gasteiger partial charge in [-0.15, -0.1) is 0 Å². The monoisotopic (exact) mass is 282 g/mol. The Kier molecular flexibility index (Phi) is 4.68. The van der Waals surface area contributed by atoms with Crippen LogP contribution in [0.2, 0.25) is 0 Å². The van der Waals surface area contributed by atoms with Crippen molar-refractivity contribution in [2.24, 2.45) is 11.8 Å². The molecule has 2 rings (SSSR count). The second-order valence-corrected chi connectivity index (χ2v) is 6.50. The molecular weight excluding hydrogens is 256 g/mol. The molecule has 1 amide bonds. The van der Waals surface area contributed by atoms with Gasteiger partial charge >= 0.3 is 5.97 Å². The quantitative estimate of drug-likeness (QED) is 0.819. The van der Waals surface area contributed by atoms with E-state index in [0.717, 1.165) is 12.8 Å². The molecule has 4 unspecified atom stereocenters. The van der Waals surface area contributed by atoms with Crippen LogP contribution in [0.3, 0.4) is 0 Å². The number of nitrogens with zero attached hydrogens (tertiary/aromatic N) is 1. The van der Waals surface area contributed by atoms with Gasteiger partial charge in [0.05, 0.1) is 5.92 Å². The lowest BCUT2D eigenvalue weighted by atomic mass is 9.82. The van der Waals surface area contributed by atoms with Crippen LogP contribution in [0, 0.1) is 11.8 Å². The number of fused-ring (bicyclic) bond motifs is 2. The molecule has 0 radical (unpaired) electrons. The zero-order valence-electron chi connectivity index (χ0n) is 12.6. The smallest absolute Gasteiger partial charge is 0.307 e. The highest BCUT2D eigenvalue weighted by atomic mass is 16.4. The molecule has 0 aliphatic carbocycles. The molecule has 2 fully saturated rings. The molecule has 5 nitrogen and oxygen atoms in total. The summed E-state index contributed by atoms with van der Waals surface area (Å²) >= 11 is 0. The molecule has 2 aliphatic rings. The predicted octanol–water partition coefficient (Wildman–Crippen LogP) is 1.47. The Morgan fingerprint density at radius 3 is 2.20 bits per heavy atom. The van der Waals surface area contributed by atoms with Crippen LogP contribution in [0.25, 0.3) is 0 Å². The van der Waals surface area contributed by atoms with Gasteiger partial charge in [0.15, 0.2) is 0 Å². The first-order valence-corrected chi connectivity index (χ1v) is 7.65. The summed E-state index contributed by atoms with van der Waals surface area (Å²) in [6.07, 6.45) is 5.69. The van der Waals surface area contributed by atoms with Crippen LogP contribution in [0.15, 0.2) is 0 Å². The summed E-state index contributed by atoms with van der Waals surface area (Å²) < 4.78 is 0. The maximum atomic E-state index is 12.2. The van der Waals surface area contributed by atoms with Gasteiger partial charge in [-0.3, -0.25) is 9.59 Å². The Balaban J connectivity index is 1.90. The van der Waals surface area contributed by atoms with Gasteiger partial charge in [0.2, 0.25) is 5.91 Å². The molecule has 2 saturated heterocycles. The van der Waals surface area contributed by atoms with E-state index in [-0.39, 0.29) is 11.9 Å². The maximum Gasteiger partial charge on any atom is 0.307 e. The van der Waals surface area contributed by atoms with E-state index in [1.54, 1.807) is 13.8 Å². The second-order valence-electron chi connectivity index (χ2n) is 6.50. The van der Waals surface area contributed by atoms with Crippen LogP contribution >= 0.6 is 0 Å². The summed E-state index contributed by atoms with van der Waals surface area (Å²) in [5.74, 6) is -2.15. The number of amides is 1. The molecule has 2 bridgehead atoms. The minimum atomic E-state index is -0.909. The van der Waals surface area contributed by atoms with Gasteiger partial charge in [-0.1, -0.05) is 20.3 Å². The molecule has 5 heteroatoms. The van der Waals surface area contributed by atoms with E-state index in [4.69, 9.17) is 5.11 Å². The van der Waals surface area contributed by atoms with Crippen molar-refractivity contribution in [1.82, 2.24) is 10.2 Å². The minimum absolute atomic E-state index is 0.118. The second kappa shape index (κ2) is 6.12. The largest absolute Gasteiger partial charge is 0.481 e. The lowest BCUT2D eigenvalue weighted by Gasteiger charge is -2.47. The van der Waals surface area contributed by atoms with Crippen molar-refractivity contribution in [3.8, 4) is 0 Å². The fourth-order valence-electron chi connectivity index (χ4n) is 3.51. The summed E-state index contributed by atoms with van der Waals surface area (Å²) in [4.78, 5) is 25.6. The fourth-order valence-corrected chi connectivity index (χ4v) is 3.51. The van der Waals surface area contributed by atoms with Crippen molar-refractivity contribution in [3.05, 3.63) is 0 Å². The molecule has 4 atom stereocenters. The number of aliphatic carboxylic acids is 1. The Morgan fingerprint density at radius 2 is 1.70 bits per heavy atom. The first kappa shape index (κ1) is 15.3. The van der Waals surface area contributed by atoms with E-state index >= 15 is 0 Å². The number of nitrogens with one attached hydrogen (secondary N) is 1. The molecule has 2 N–H and O–H groups in total. The third-order valence-electron chi connectivity index (χ3n) is 5.24. The molecule has 0 aromatic rings. The van der Waals surface area contributed by atoms with E-state index in [1.165, 1.54) is 19.3 Å². The third-order valence-corrected chi connectivity index (χ3v) is 5.24. The Morgan fingerprint density at radius 1 is 1.15 bits per heavy atom. The van der Waals surface area contributed by atoms with Crippen LogP contribution in [0.5, 0.6) is 0 Å². The number of rotatable bonds is 4. The highest BCUT2D eigenvalue weighted by molar-refractivity contribution is 5.84. The van der Waals surface area contributed by atoms with Crippen LogP contribution in [0.1, 0.15) is 46.0 Å². The van der Waals surface area contributed by atoms with Gasteiger partial charge in [-0.05, 0) is 32.7 Å². The fraction of sp³-hybridized carbons (Fsp3) is 0.867. The zero-order chi connectivity index (χ0) is 14.9. The van der Waals surface area contributed by atoms with Crippen molar-refractivity contribution in [2.45, 2.75) is 64.1 Å². The van der Waals surface area contributed by atoms with E-state index < -0.39 is 17.8 Å². The number of carbonyl (C=O) groups excluding carboxylic acids is 1. The van der Waals surface area contributed by atoms with Gasteiger partial charge in [-0.2, -0.15) is 0 Å².